The molecule has 12 heavy (non-hydrogen) atoms. The van der Waals surface area contributed by atoms with Crippen LogP contribution in [0, 0.1) is 17.2 Å². The van der Waals surface area contributed by atoms with Gasteiger partial charge < -0.3 is 5.32 Å². The Bertz CT molecular complexity index is 212. The van der Waals surface area contributed by atoms with Crippen LogP contribution >= 0.6 is 11.8 Å². The highest BCUT2D eigenvalue weighted by atomic mass is 32.2. The Kier molecular flexibility index (Phi) is 3.57. The minimum atomic E-state index is -0.0107. The maximum absolute atomic E-state index is 11.1. The molecular weight excluding hydrogens is 172 g/mol. The number of carbonyl (C=O) groups is 1. The van der Waals surface area contributed by atoms with Gasteiger partial charge >= 0.3 is 0 Å². The summed E-state index contributed by atoms with van der Waals surface area (Å²) in [7, 11) is 0. The van der Waals surface area contributed by atoms with Crippen LogP contribution in [0.3, 0.4) is 0 Å². The van der Waals surface area contributed by atoms with Gasteiger partial charge in [0, 0.05) is 12.3 Å². The Morgan fingerprint density at radius 1 is 1.92 bits per heavy atom. The van der Waals surface area contributed by atoms with Gasteiger partial charge in [0.25, 0.3) is 0 Å². The van der Waals surface area contributed by atoms with E-state index in [-0.39, 0.29) is 17.1 Å². The highest BCUT2D eigenvalue weighted by Crippen LogP contribution is 2.19. The number of carbonyl (C=O) groups excluding carboxylic acids is 1. The summed E-state index contributed by atoms with van der Waals surface area (Å²) in [4.78, 5) is 11.1. The summed E-state index contributed by atoms with van der Waals surface area (Å²) in [5.41, 5.74) is 0. The summed E-state index contributed by atoms with van der Waals surface area (Å²) < 4.78 is 0. The highest BCUT2D eigenvalue weighted by molar-refractivity contribution is 8.14. The molecule has 0 bridgehead atoms. The Morgan fingerprint density at radius 3 is 3.17 bits per heavy atom. The second-order valence-corrected chi connectivity index (χ2v) is 4.05. The van der Waals surface area contributed by atoms with Crippen molar-refractivity contribution in [2.24, 2.45) is 5.92 Å². The lowest BCUT2D eigenvalue weighted by atomic mass is 10.2. The van der Waals surface area contributed by atoms with Crippen molar-refractivity contribution in [3.05, 3.63) is 0 Å². The van der Waals surface area contributed by atoms with E-state index in [1.807, 2.05) is 6.92 Å². The summed E-state index contributed by atoms with van der Waals surface area (Å²) in [6.45, 7) is 2.47. The molecule has 2 atom stereocenters. The van der Waals surface area contributed by atoms with Crippen molar-refractivity contribution in [1.29, 1.82) is 5.26 Å². The van der Waals surface area contributed by atoms with Crippen LogP contribution < -0.4 is 5.32 Å². The third-order valence-corrected chi connectivity index (χ3v) is 2.84. The number of thioether (sulfide) groups is 1. The molecule has 1 saturated heterocycles. The van der Waals surface area contributed by atoms with E-state index in [4.69, 9.17) is 5.26 Å². The number of rotatable bonds is 3. The Morgan fingerprint density at radius 2 is 2.67 bits per heavy atom. The normalized spacial score (nSPS) is 25.3. The number of nitrogens with one attached hydrogen (secondary N) is 1. The van der Waals surface area contributed by atoms with Crippen molar-refractivity contribution in [2.45, 2.75) is 19.4 Å². The first-order valence-corrected chi connectivity index (χ1v) is 5.02. The Balaban J connectivity index is 2.23. The Hall–Kier alpha value is -0.530. The predicted molar refractivity (Wildman–Crippen MR) is 48.6 cm³/mol. The van der Waals surface area contributed by atoms with Gasteiger partial charge in [0.15, 0.2) is 0 Å². The van der Waals surface area contributed by atoms with E-state index in [1.165, 1.54) is 11.8 Å². The predicted octanol–water partition coefficient (Wildman–Crippen LogP) is 0.768. The SMILES string of the molecule is CC(C#N)CNC1CCSC1=O. The molecule has 1 aliphatic heterocycles. The smallest absolute Gasteiger partial charge is 0.205 e. The standard InChI is InChI=1S/C8H12N2OS/c1-6(4-9)5-10-7-2-3-12-8(7)11/h6-7,10H,2-3,5H2,1H3. The second kappa shape index (κ2) is 4.48. The number of nitrogens with zero attached hydrogens (tertiary/aromatic N) is 1. The van der Waals surface area contributed by atoms with Crippen molar-refractivity contribution in [3.8, 4) is 6.07 Å². The van der Waals surface area contributed by atoms with Gasteiger partial charge in [-0.3, -0.25) is 4.79 Å². The molecule has 0 aromatic carbocycles. The van der Waals surface area contributed by atoms with Crippen molar-refractivity contribution in [1.82, 2.24) is 5.32 Å². The van der Waals surface area contributed by atoms with Crippen LogP contribution in [0.25, 0.3) is 0 Å². The molecule has 66 valence electrons. The molecule has 1 rings (SSSR count). The first-order valence-electron chi connectivity index (χ1n) is 4.03. The molecule has 3 nitrogen and oxygen atoms in total. The average Bonchev–Trinajstić information content (AvgIpc) is 2.47. The molecule has 0 aliphatic carbocycles. The molecular formula is C8H12N2OS. The number of hydrogen-bond donors (Lipinski definition) is 1. The fourth-order valence-corrected chi connectivity index (χ4v) is 2.00. The lowest BCUT2D eigenvalue weighted by molar-refractivity contribution is -0.112. The van der Waals surface area contributed by atoms with E-state index in [0.717, 1.165) is 12.2 Å². The minimum Gasteiger partial charge on any atom is -0.305 e. The quantitative estimate of drug-likeness (QED) is 0.704. The second-order valence-electron chi connectivity index (χ2n) is 2.95. The van der Waals surface area contributed by atoms with Crippen LogP contribution in [0.4, 0.5) is 0 Å². The van der Waals surface area contributed by atoms with Gasteiger partial charge in [0.05, 0.1) is 18.0 Å². The van der Waals surface area contributed by atoms with Crippen LogP contribution in [0.5, 0.6) is 0 Å². The van der Waals surface area contributed by atoms with E-state index < -0.39 is 0 Å². The first kappa shape index (κ1) is 9.56. The molecule has 0 aromatic heterocycles. The highest BCUT2D eigenvalue weighted by Gasteiger charge is 2.24. The molecule has 0 saturated carbocycles. The van der Waals surface area contributed by atoms with Gasteiger partial charge in [-0.2, -0.15) is 5.26 Å². The summed E-state index contributed by atoms with van der Waals surface area (Å²) in [5.74, 6) is 0.903. The maximum atomic E-state index is 11.1. The zero-order valence-electron chi connectivity index (χ0n) is 7.04. The third-order valence-electron chi connectivity index (χ3n) is 1.83. The average molecular weight is 184 g/mol. The lowest BCUT2D eigenvalue weighted by Gasteiger charge is -2.10. The zero-order chi connectivity index (χ0) is 8.97. The van der Waals surface area contributed by atoms with Crippen LogP contribution in [-0.2, 0) is 4.79 Å². The maximum Gasteiger partial charge on any atom is 0.205 e. The van der Waals surface area contributed by atoms with Crippen molar-refractivity contribution >= 4 is 16.9 Å². The Labute approximate surface area is 76.5 Å². The molecule has 0 radical (unpaired) electrons. The van der Waals surface area contributed by atoms with Gasteiger partial charge in [0.1, 0.15) is 0 Å². The molecule has 4 heteroatoms. The van der Waals surface area contributed by atoms with E-state index in [1.54, 1.807) is 0 Å². The molecule has 0 amide bonds. The van der Waals surface area contributed by atoms with E-state index in [2.05, 4.69) is 11.4 Å². The van der Waals surface area contributed by atoms with Gasteiger partial charge in [0.2, 0.25) is 5.12 Å². The third kappa shape index (κ3) is 2.50. The van der Waals surface area contributed by atoms with Gasteiger partial charge in [-0.1, -0.05) is 11.8 Å². The molecule has 1 N–H and O–H groups in total. The lowest BCUT2D eigenvalue weighted by Crippen LogP contribution is -2.34. The largest absolute Gasteiger partial charge is 0.305 e. The topological polar surface area (TPSA) is 52.9 Å². The van der Waals surface area contributed by atoms with Crippen molar-refractivity contribution in [3.63, 3.8) is 0 Å². The van der Waals surface area contributed by atoms with Crippen LogP contribution in [0.15, 0.2) is 0 Å². The fourth-order valence-electron chi connectivity index (χ4n) is 1.05. The molecule has 1 fully saturated rings. The van der Waals surface area contributed by atoms with Crippen LogP contribution in [0.1, 0.15) is 13.3 Å². The van der Waals surface area contributed by atoms with Crippen LogP contribution in [0.2, 0.25) is 0 Å². The monoisotopic (exact) mass is 184 g/mol. The van der Waals surface area contributed by atoms with Gasteiger partial charge in [-0.05, 0) is 13.3 Å². The fraction of sp³-hybridized carbons (Fsp3) is 0.750. The van der Waals surface area contributed by atoms with E-state index in [9.17, 15) is 4.79 Å². The zero-order valence-corrected chi connectivity index (χ0v) is 7.86. The summed E-state index contributed by atoms with van der Waals surface area (Å²) in [5, 5.41) is 11.8. The summed E-state index contributed by atoms with van der Waals surface area (Å²) >= 11 is 1.38. The first-order chi connectivity index (χ1) is 5.74. The molecule has 1 heterocycles. The minimum absolute atomic E-state index is 0.00852. The number of hydrogen-bond acceptors (Lipinski definition) is 4. The molecule has 1 aliphatic rings. The van der Waals surface area contributed by atoms with E-state index >= 15 is 0 Å². The van der Waals surface area contributed by atoms with Gasteiger partial charge in [-0.25, -0.2) is 0 Å². The van der Waals surface area contributed by atoms with Gasteiger partial charge in [-0.15, -0.1) is 0 Å². The van der Waals surface area contributed by atoms with E-state index in [0.29, 0.717) is 6.54 Å². The van der Waals surface area contributed by atoms with Crippen molar-refractivity contribution < 1.29 is 4.79 Å². The number of nitriles is 1. The summed E-state index contributed by atoms with van der Waals surface area (Å²) in [6.07, 6.45) is 0.904. The van der Waals surface area contributed by atoms with Crippen LogP contribution in [-0.4, -0.2) is 23.5 Å². The molecule has 0 spiro atoms. The van der Waals surface area contributed by atoms with Crippen molar-refractivity contribution in [2.75, 3.05) is 12.3 Å². The molecule has 2 unspecified atom stereocenters. The molecule has 0 aromatic rings. The summed E-state index contributed by atoms with van der Waals surface area (Å²) in [6, 6.07) is 2.11.